The Bertz CT molecular complexity index is 624. The number of ether oxygens (including phenoxy) is 1. The largest absolute Gasteiger partial charge is 0.497 e. The average Bonchev–Trinajstić information content (AvgIpc) is 2.45. The molecule has 2 aromatic carbocycles. The van der Waals surface area contributed by atoms with Gasteiger partial charge >= 0.3 is 6.18 Å². The lowest BCUT2D eigenvalue weighted by molar-refractivity contribution is -0.139. The van der Waals surface area contributed by atoms with Crippen molar-refractivity contribution in [1.29, 1.82) is 0 Å². The quantitative estimate of drug-likeness (QED) is 0.869. The molecular formula is C15H12BrF3O2. The number of alkyl halides is 3. The van der Waals surface area contributed by atoms with Gasteiger partial charge in [0.1, 0.15) is 11.9 Å². The molecule has 6 heteroatoms. The Morgan fingerprint density at radius 3 is 2.24 bits per heavy atom. The molecule has 2 rings (SSSR count). The molecule has 0 saturated heterocycles. The normalized spacial score (nSPS) is 13.0. The molecule has 0 heterocycles. The highest BCUT2D eigenvalue weighted by Crippen LogP contribution is 2.38. The smallest absolute Gasteiger partial charge is 0.416 e. The molecule has 0 amide bonds. The van der Waals surface area contributed by atoms with E-state index < -0.39 is 17.8 Å². The van der Waals surface area contributed by atoms with Crippen LogP contribution in [0.15, 0.2) is 46.9 Å². The van der Waals surface area contributed by atoms with E-state index in [0.29, 0.717) is 15.8 Å². The second-order valence-corrected chi connectivity index (χ2v) is 5.32. The van der Waals surface area contributed by atoms with Crippen molar-refractivity contribution in [3.63, 3.8) is 0 Å². The Kier molecular flexibility index (Phi) is 4.58. The van der Waals surface area contributed by atoms with E-state index >= 15 is 0 Å². The van der Waals surface area contributed by atoms with Crippen LogP contribution < -0.4 is 4.74 Å². The van der Waals surface area contributed by atoms with Gasteiger partial charge in [0, 0.05) is 4.47 Å². The van der Waals surface area contributed by atoms with Crippen LogP contribution in [-0.2, 0) is 6.18 Å². The fourth-order valence-electron chi connectivity index (χ4n) is 1.98. The first-order valence-electron chi connectivity index (χ1n) is 6.01. The predicted octanol–water partition coefficient (Wildman–Crippen LogP) is 4.56. The Morgan fingerprint density at radius 1 is 1.10 bits per heavy atom. The highest BCUT2D eigenvalue weighted by molar-refractivity contribution is 9.10. The van der Waals surface area contributed by atoms with Crippen molar-refractivity contribution < 1.29 is 23.0 Å². The maximum absolute atomic E-state index is 13.1. The van der Waals surface area contributed by atoms with Crippen LogP contribution in [0.1, 0.15) is 22.8 Å². The molecule has 1 N–H and O–H groups in total. The van der Waals surface area contributed by atoms with Crippen LogP contribution in [0.2, 0.25) is 0 Å². The highest BCUT2D eigenvalue weighted by atomic mass is 79.9. The summed E-state index contributed by atoms with van der Waals surface area (Å²) >= 11 is 3.01. The number of hydrogen-bond donors (Lipinski definition) is 1. The number of hydrogen-bond acceptors (Lipinski definition) is 2. The minimum atomic E-state index is -4.54. The summed E-state index contributed by atoms with van der Waals surface area (Å²) in [6, 6.07) is 9.94. The van der Waals surface area contributed by atoms with Gasteiger partial charge in [0.15, 0.2) is 0 Å². The molecule has 1 unspecified atom stereocenters. The zero-order valence-corrected chi connectivity index (χ0v) is 12.6. The van der Waals surface area contributed by atoms with Crippen molar-refractivity contribution in [1.82, 2.24) is 0 Å². The van der Waals surface area contributed by atoms with Crippen LogP contribution >= 0.6 is 15.9 Å². The van der Waals surface area contributed by atoms with Gasteiger partial charge in [-0.2, -0.15) is 13.2 Å². The summed E-state index contributed by atoms with van der Waals surface area (Å²) in [4.78, 5) is 0. The molecule has 0 saturated carbocycles. The Hall–Kier alpha value is -1.53. The van der Waals surface area contributed by atoms with E-state index in [2.05, 4.69) is 15.9 Å². The molecule has 0 bridgehead atoms. The molecule has 0 aliphatic carbocycles. The Morgan fingerprint density at radius 2 is 1.71 bits per heavy atom. The molecule has 112 valence electrons. The van der Waals surface area contributed by atoms with E-state index in [1.807, 2.05) is 0 Å². The zero-order chi connectivity index (χ0) is 15.6. The predicted molar refractivity (Wildman–Crippen MR) is 76.2 cm³/mol. The minimum Gasteiger partial charge on any atom is -0.497 e. The average molecular weight is 361 g/mol. The van der Waals surface area contributed by atoms with Crippen LogP contribution in [0.3, 0.4) is 0 Å². The lowest BCUT2D eigenvalue weighted by Gasteiger charge is -2.18. The number of benzene rings is 2. The van der Waals surface area contributed by atoms with Gasteiger partial charge in [0.05, 0.1) is 12.7 Å². The molecule has 1 atom stereocenters. The second-order valence-electron chi connectivity index (χ2n) is 4.41. The van der Waals surface area contributed by atoms with Gasteiger partial charge in [-0.1, -0.05) is 34.1 Å². The van der Waals surface area contributed by atoms with Gasteiger partial charge in [-0.3, -0.25) is 0 Å². The summed E-state index contributed by atoms with van der Waals surface area (Å²) < 4.78 is 44.5. The lowest BCUT2D eigenvalue weighted by Crippen LogP contribution is -2.12. The SMILES string of the molecule is COc1ccc(C(O)c2ccc(Br)cc2C(F)(F)F)cc1. The van der Waals surface area contributed by atoms with Crippen LogP contribution in [-0.4, -0.2) is 12.2 Å². The first kappa shape index (κ1) is 15.9. The third-order valence-electron chi connectivity index (χ3n) is 3.05. The van der Waals surface area contributed by atoms with E-state index in [9.17, 15) is 18.3 Å². The Labute approximate surface area is 128 Å². The fourth-order valence-corrected chi connectivity index (χ4v) is 2.34. The second kappa shape index (κ2) is 6.07. The van der Waals surface area contributed by atoms with Crippen molar-refractivity contribution in [2.75, 3.05) is 7.11 Å². The van der Waals surface area contributed by atoms with E-state index in [-0.39, 0.29) is 5.56 Å². The minimum absolute atomic E-state index is 0.184. The van der Waals surface area contributed by atoms with Crippen LogP contribution in [0.25, 0.3) is 0 Å². The summed E-state index contributed by atoms with van der Waals surface area (Å²) in [5, 5.41) is 10.2. The molecule has 2 nitrogen and oxygen atoms in total. The van der Waals surface area contributed by atoms with Crippen molar-refractivity contribution in [2.24, 2.45) is 0 Å². The molecule has 21 heavy (non-hydrogen) atoms. The molecule has 0 radical (unpaired) electrons. The fraction of sp³-hybridized carbons (Fsp3) is 0.200. The molecule has 0 spiro atoms. The van der Waals surface area contributed by atoms with Gasteiger partial charge in [-0.15, -0.1) is 0 Å². The van der Waals surface area contributed by atoms with Crippen LogP contribution in [0.5, 0.6) is 5.75 Å². The number of rotatable bonds is 3. The molecular weight excluding hydrogens is 349 g/mol. The maximum atomic E-state index is 13.1. The van der Waals surface area contributed by atoms with Gasteiger partial charge in [0.25, 0.3) is 0 Å². The highest BCUT2D eigenvalue weighted by Gasteiger charge is 2.35. The summed E-state index contributed by atoms with van der Waals surface area (Å²) in [7, 11) is 1.49. The van der Waals surface area contributed by atoms with Gasteiger partial charge in [-0.25, -0.2) is 0 Å². The number of halogens is 4. The summed E-state index contributed by atoms with van der Waals surface area (Å²) in [5.74, 6) is 0.567. The van der Waals surface area contributed by atoms with Crippen molar-refractivity contribution in [3.8, 4) is 5.75 Å². The molecule has 2 aromatic rings. The monoisotopic (exact) mass is 360 g/mol. The number of aliphatic hydroxyl groups is 1. The summed E-state index contributed by atoms with van der Waals surface area (Å²) in [6.45, 7) is 0. The van der Waals surface area contributed by atoms with Gasteiger partial charge in [0.2, 0.25) is 0 Å². The summed E-state index contributed by atoms with van der Waals surface area (Å²) in [6.07, 6.45) is -5.90. The standard InChI is InChI=1S/C15H12BrF3O2/c1-21-11-5-2-9(3-6-11)14(20)12-7-4-10(16)8-13(12)15(17,18)19/h2-8,14,20H,1H3. The first-order chi connectivity index (χ1) is 9.82. The van der Waals surface area contributed by atoms with Crippen LogP contribution in [0, 0.1) is 0 Å². The van der Waals surface area contributed by atoms with E-state index in [4.69, 9.17) is 4.74 Å². The third kappa shape index (κ3) is 3.57. The van der Waals surface area contributed by atoms with Gasteiger partial charge in [-0.05, 0) is 35.4 Å². The topological polar surface area (TPSA) is 29.5 Å². The lowest BCUT2D eigenvalue weighted by atomic mass is 9.96. The summed E-state index contributed by atoms with van der Waals surface area (Å²) in [5.41, 5.74) is -0.681. The zero-order valence-electron chi connectivity index (χ0n) is 11.0. The van der Waals surface area contributed by atoms with E-state index in [1.165, 1.54) is 31.4 Å². The Balaban J connectivity index is 2.44. The van der Waals surface area contributed by atoms with E-state index in [0.717, 1.165) is 6.07 Å². The molecule has 0 aliphatic rings. The van der Waals surface area contributed by atoms with Gasteiger partial charge < -0.3 is 9.84 Å². The van der Waals surface area contributed by atoms with Crippen molar-refractivity contribution >= 4 is 15.9 Å². The van der Waals surface area contributed by atoms with Crippen molar-refractivity contribution in [2.45, 2.75) is 12.3 Å². The van der Waals surface area contributed by atoms with E-state index in [1.54, 1.807) is 12.1 Å². The molecule has 0 aromatic heterocycles. The third-order valence-corrected chi connectivity index (χ3v) is 3.54. The molecule has 0 aliphatic heterocycles. The maximum Gasteiger partial charge on any atom is 0.416 e. The van der Waals surface area contributed by atoms with Crippen molar-refractivity contribution in [3.05, 3.63) is 63.6 Å². The number of methoxy groups -OCH3 is 1. The van der Waals surface area contributed by atoms with Crippen LogP contribution in [0.4, 0.5) is 13.2 Å². The number of aliphatic hydroxyl groups excluding tert-OH is 1. The first-order valence-corrected chi connectivity index (χ1v) is 6.81. The molecule has 0 fully saturated rings.